The molecule has 0 aromatic rings. The number of rotatable bonds is 8. The third kappa shape index (κ3) is 8.28. The van der Waals surface area contributed by atoms with E-state index in [0.717, 1.165) is 20.8 Å². The van der Waals surface area contributed by atoms with E-state index >= 15 is 0 Å². The fourth-order valence-electron chi connectivity index (χ4n) is 2.57. The zero-order chi connectivity index (χ0) is 22.0. The van der Waals surface area contributed by atoms with Crippen LogP contribution in [0.4, 0.5) is 0 Å². The van der Waals surface area contributed by atoms with Gasteiger partial charge >= 0.3 is 23.9 Å². The molecule has 1 saturated heterocycles. The van der Waals surface area contributed by atoms with Crippen molar-refractivity contribution in [3.63, 3.8) is 0 Å². The van der Waals surface area contributed by atoms with Crippen molar-refractivity contribution in [3.8, 4) is 6.07 Å². The predicted octanol–water partition coefficient (Wildman–Crippen LogP) is 0.166. The fourth-order valence-corrected chi connectivity index (χ4v) is 2.57. The van der Waals surface area contributed by atoms with Crippen molar-refractivity contribution < 1.29 is 47.6 Å². The highest BCUT2D eigenvalue weighted by molar-refractivity contribution is 5.68. The van der Waals surface area contributed by atoms with Gasteiger partial charge in [0, 0.05) is 33.8 Å². The molecule has 29 heavy (non-hydrogen) atoms. The van der Waals surface area contributed by atoms with Crippen LogP contribution in [-0.4, -0.2) is 67.8 Å². The summed E-state index contributed by atoms with van der Waals surface area (Å²) in [7, 11) is 0. The van der Waals surface area contributed by atoms with Crippen molar-refractivity contribution >= 4 is 23.9 Å². The van der Waals surface area contributed by atoms with Crippen LogP contribution in [-0.2, 0) is 47.6 Å². The predicted molar refractivity (Wildman–Crippen MR) is 92.7 cm³/mol. The minimum atomic E-state index is -1.29. The minimum Gasteiger partial charge on any atom is -0.463 e. The van der Waals surface area contributed by atoms with E-state index in [1.54, 1.807) is 6.07 Å². The number of ether oxygens (including phenoxy) is 6. The van der Waals surface area contributed by atoms with Crippen LogP contribution in [0, 0.1) is 11.3 Å². The monoisotopic (exact) mass is 413 g/mol. The molecular formula is C18H23NO10. The number of carbonyl (C=O) groups is 4. The maximum atomic E-state index is 11.6. The summed E-state index contributed by atoms with van der Waals surface area (Å²) in [5.41, 5.74) is 0. The first kappa shape index (κ1) is 24.1. The Kier molecular flexibility index (Phi) is 9.78. The largest absolute Gasteiger partial charge is 0.463 e. The molecule has 1 fully saturated rings. The molecule has 0 unspecified atom stereocenters. The van der Waals surface area contributed by atoms with Gasteiger partial charge in [0.1, 0.15) is 12.7 Å². The van der Waals surface area contributed by atoms with Gasteiger partial charge in [-0.3, -0.25) is 19.2 Å². The summed E-state index contributed by atoms with van der Waals surface area (Å²) in [5.74, 6) is -2.80. The van der Waals surface area contributed by atoms with E-state index in [1.807, 2.05) is 0 Å². The van der Waals surface area contributed by atoms with Gasteiger partial charge in [0.15, 0.2) is 24.6 Å². The molecule has 0 saturated carbocycles. The van der Waals surface area contributed by atoms with Gasteiger partial charge in [-0.25, -0.2) is 0 Å². The Morgan fingerprint density at radius 3 is 1.97 bits per heavy atom. The zero-order valence-corrected chi connectivity index (χ0v) is 16.5. The Labute approximate surface area is 167 Å². The molecule has 1 heterocycles. The lowest BCUT2D eigenvalue weighted by molar-refractivity contribution is -0.305. The maximum absolute atomic E-state index is 11.6. The van der Waals surface area contributed by atoms with Crippen molar-refractivity contribution in [2.75, 3.05) is 13.2 Å². The number of carbonyl (C=O) groups excluding carboxylic acids is 4. The molecule has 5 atom stereocenters. The molecular weight excluding hydrogens is 390 g/mol. The number of nitriles is 1. The Balaban J connectivity index is 3.24. The van der Waals surface area contributed by atoms with Gasteiger partial charge in [-0.05, 0) is 6.08 Å². The summed E-state index contributed by atoms with van der Waals surface area (Å²) in [6, 6.07) is 1.78. The van der Waals surface area contributed by atoms with Crippen molar-refractivity contribution in [2.24, 2.45) is 0 Å². The standard InChI is InChI=1S/C18H23NO10/c1-10(20)25-9-14-15(26-11(2)21)16(27-12(3)22)17(28-13(4)23)18(29-14)24-8-6-5-7-19/h5-6,14-18H,8-9H2,1-4H3/b6-5-/t14-,15-,16+,17-,18-/m1/s1. The van der Waals surface area contributed by atoms with Gasteiger partial charge in [-0.15, -0.1) is 0 Å². The molecule has 1 aliphatic heterocycles. The summed E-state index contributed by atoms with van der Waals surface area (Å²) in [6.07, 6.45) is -3.61. The van der Waals surface area contributed by atoms with Crippen LogP contribution >= 0.6 is 0 Å². The van der Waals surface area contributed by atoms with Crippen LogP contribution < -0.4 is 0 Å². The molecule has 0 bridgehead atoms. The first-order chi connectivity index (χ1) is 13.6. The van der Waals surface area contributed by atoms with E-state index in [0.29, 0.717) is 0 Å². The topological polar surface area (TPSA) is 147 Å². The molecule has 0 N–H and O–H groups in total. The summed E-state index contributed by atoms with van der Waals surface area (Å²) >= 11 is 0. The summed E-state index contributed by atoms with van der Waals surface area (Å²) in [5, 5.41) is 8.55. The van der Waals surface area contributed by atoms with Gasteiger partial charge in [-0.1, -0.05) is 0 Å². The van der Waals surface area contributed by atoms with Crippen molar-refractivity contribution in [1.82, 2.24) is 0 Å². The van der Waals surface area contributed by atoms with Gasteiger partial charge in [0.2, 0.25) is 0 Å². The van der Waals surface area contributed by atoms with Gasteiger partial charge < -0.3 is 28.4 Å². The minimum absolute atomic E-state index is 0.0959. The van der Waals surface area contributed by atoms with Gasteiger partial charge in [-0.2, -0.15) is 5.26 Å². The summed E-state index contributed by atoms with van der Waals surface area (Å²) in [6.45, 7) is 4.12. The van der Waals surface area contributed by atoms with E-state index in [-0.39, 0.29) is 13.2 Å². The second-order valence-electron chi connectivity index (χ2n) is 5.93. The van der Waals surface area contributed by atoms with E-state index < -0.39 is 54.6 Å². The molecule has 0 aliphatic carbocycles. The number of esters is 4. The summed E-state index contributed by atoms with van der Waals surface area (Å²) in [4.78, 5) is 46.0. The molecule has 11 heteroatoms. The molecule has 0 aromatic heterocycles. The Hall–Kier alpha value is -2.97. The van der Waals surface area contributed by atoms with Crippen LogP contribution in [0.2, 0.25) is 0 Å². The van der Waals surface area contributed by atoms with Crippen molar-refractivity contribution in [3.05, 3.63) is 12.2 Å². The molecule has 11 nitrogen and oxygen atoms in total. The lowest BCUT2D eigenvalue weighted by Gasteiger charge is -2.43. The molecule has 160 valence electrons. The third-order valence-corrected chi connectivity index (χ3v) is 3.50. The third-order valence-electron chi connectivity index (χ3n) is 3.50. The normalized spacial score (nSPS) is 26.2. The average Bonchev–Trinajstić information content (AvgIpc) is 2.60. The van der Waals surface area contributed by atoms with Crippen LogP contribution in [0.3, 0.4) is 0 Å². The SMILES string of the molecule is CC(=O)OC[C@H]1O[C@@H](OC/C=C\C#N)[C@H](OC(C)=O)[C@@H](OC(C)=O)[C@@H]1OC(C)=O. The molecule has 0 radical (unpaired) electrons. The Morgan fingerprint density at radius 1 is 0.897 bits per heavy atom. The first-order valence-electron chi connectivity index (χ1n) is 8.62. The van der Waals surface area contributed by atoms with E-state index in [1.165, 1.54) is 19.1 Å². The molecule has 0 aromatic carbocycles. The second-order valence-corrected chi connectivity index (χ2v) is 5.93. The van der Waals surface area contributed by atoms with Crippen LogP contribution in [0.15, 0.2) is 12.2 Å². The van der Waals surface area contributed by atoms with Crippen LogP contribution in [0.1, 0.15) is 27.7 Å². The molecule has 1 rings (SSSR count). The molecule has 0 spiro atoms. The highest BCUT2D eigenvalue weighted by atomic mass is 16.7. The van der Waals surface area contributed by atoms with E-state index in [4.69, 9.17) is 33.7 Å². The van der Waals surface area contributed by atoms with Gasteiger partial charge in [0.25, 0.3) is 0 Å². The lowest BCUT2D eigenvalue weighted by atomic mass is 9.98. The fraction of sp³-hybridized carbons (Fsp3) is 0.611. The van der Waals surface area contributed by atoms with Crippen molar-refractivity contribution in [1.29, 1.82) is 5.26 Å². The lowest BCUT2D eigenvalue weighted by Crippen LogP contribution is -2.62. The Bertz CT molecular complexity index is 683. The molecule has 1 aliphatic rings. The zero-order valence-electron chi connectivity index (χ0n) is 16.5. The number of allylic oxidation sites excluding steroid dienone is 1. The second kappa shape index (κ2) is 11.8. The maximum Gasteiger partial charge on any atom is 0.303 e. The highest BCUT2D eigenvalue weighted by Crippen LogP contribution is 2.29. The quantitative estimate of drug-likeness (QED) is 0.304. The smallest absolute Gasteiger partial charge is 0.303 e. The first-order valence-corrected chi connectivity index (χ1v) is 8.62. The molecule has 0 amide bonds. The van der Waals surface area contributed by atoms with Crippen LogP contribution in [0.25, 0.3) is 0 Å². The van der Waals surface area contributed by atoms with Gasteiger partial charge in [0.05, 0.1) is 12.7 Å². The van der Waals surface area contributed by atoms with Crippen molar-refractivity contribution in [2.45, 2.75) is 58.4 Å². The highest BCUT2D eigenvalue weighted by Gasteiger charge is 2.52. The number of nitrogens with zero attached hydrogens (tertiary/aromatic N) is 1. The van der Waals surface area contributed by atoms with E-state index in [2.05, 4.69) is 0 Å². The number of hydrogen-bond acceptors (Lipinski definition) is 11. The number of hydrogen-bond donors (Lipinski definition) is 0. The van der Waals surface area contributed by atoms with Crippen LogP contribution in [0.5, 0.6) is 0 Å². The Morgan fingerprint density at radius 2 is 1.45 bits per heavy atom. The van der Waals surface area contributed by atoms with E-state index in [9.17, 15) is 19.2 Å². The summed E-state index contributed by atoms with van der Waals surface area (Å²) < 4.78 is 31.8. The average molecular weight is 413 g/mol.